The summed E-state index contributed by atoms with van der Waals surface area (Å²) in [6, 6.07) is 12.7. The first-order valence-electron chi connectivity index (χ1n) is 6.02. The van der Waals surface area contributed by atoms with E-state index in [9.17, 15) is 9.18 Å². The van der Waals surface area contributed by atoms with Crippen LogP contribution in [0.3, 0.4) is 0 Å². The minimum absolute atomic E-state index is 0.161. The Hall–Kier alpha value is -2.67. The zero-order chi connectivity index (χ0) is 14.5. The summed E-state index contributed by atoms with van der Waals surface area (Å²) < 4.78 is 18.3. The fourth-order valence-corrected chi connectivity index (χ4v) is 1.76. The van der Waals surface area contributed by atoms with E-state index in [1.54, 1.807) is 24.3 Å². The Morgan fingerprint density at radius 2 is 1.95 bits per heavy atom. The normalized spacial score (nSPS) is 9.85. The predicted molar refractivity (Wildman–Crippen MR) is 71.9 cm³/mol. The van der Waals surface area contributed by atoms with Gasteiger partial charge in [0.15, 0.2) is 5.78 Å². The zero-order valence-electron chi connectivity index (χ0n) is 10.9. The second-order valence-electron chi connectivity index (χ2n) is 4.29. The van der Waals surface area contributed by atoms with Crippen LogP contribution in [0.4, 0.5) is 4.39 Å². The van der Waals surface area contributed by atoms with Crippen molar-refractivity contribution in [1.82, 2.24) is 0 Å². The molecule has 0 unspecified atom stereocenters. The van der Waals surface area contributed by atoms with E-state index in [4.69, 9.17) is 10.00 Å². The highest BCUT2D eigenvalue weighted by Gasteiger charge is 2.08. The summed E-state index contributed by atoms with van der Waals surface area (Å²) in [5.74, 6) is 0.0360. The summed E-state index contributed by atoms with van der Waals surface area (Å²) in [6.07, 6.45) is 0. The molecule has 0 N–H and O–H groups in total. The van der Waals surface area contributed by atoms with Gasteiger partial charge in [0.2, 0.25) is 0 Å². The lowest BCUT2D eigenvalue weighted by molar-refractivity contribution is 0.101. The average molecular weight is 269 g/mol. The van der Waals surface area contributed by atoms with Gasteiger partial charge in [-0.2, -0.15) is 5.26 Å². The number of carbonyl (C=O) groups excluding carboxylic acids is 1. The zero-order valence-corrected chi connectivity index (χ0v) is 10.9. The Bertz CT molecular complexity index is 672. The van der Waals surface area contributed by atoms with Crippen molar-refractivity contribution >= 4 is 5.78 Å². The molecule has 0 aliphatic rings. The van der Waals surface area contributed by atoms with Gasteiger partial charge >= 0.3 is 0 Å². The minimum atomic E-state index is -0.300. The van der Waals surface area contributed by atoms with Gasteiger partial charge in [0.1, 0.15) is 24.2 Å². The lowest BCUT2D eigenvalue weighted by Crippen LogP contribution is -1.99. The Morgan fingerprint density at radius 3 is 2.55 bits per heavy atom. The Balaban J connectivity index is 2.12. The summed E-state index contributed by atoms with van der Waals surface area (Å²) >= 11 is 0. The molecule has 0 saturated heterocycles. The SMILES string of the molecule is CC(=O)c1ccc(OCc2ccc(F)cc2)cc1C#N. The average Bonchev–Trinajstić information content (AvgIpc) is 2.46. The van der Waals surface area contributed by atoms with E-state index in [0.29, 0.717) is 11.3 Å². The Kier molecular flexibility index (Phi) is 4.11. The van der Waals surface area contributed by atoms with Gasteiger partial charge < -0.3 is 4.74 Å². The molecule has 0 radical (unpaired) electrons. The van der Waals surface area contributed by atoms with E-state index in [0.717, 1.165) is 5.56 Å². The second kappa shape index (κ2) is 5.98. The smallest absolute Gasteiger partial charge is 0.161 e. The Labute approximate surface area is 116 Å². The van der Waals surface area contributed by atoms with Gasteiger partial charge in [-0.25, -0.2) is 4.39 Å². The van der Waals surface area contributed by atoms with Crippen LogP contribution >= 0.6 is 0 Å². The third-order valence-electron chi connectivity index (χ3n) is 2.81. The number of benzene rings is 2. The van der Waals surface area contributed by atoms with Crippen molar-refractivity contribution in [3.05, 3.63) is 65.0 Å². The molecule has 2 aromatic rings. The number of ether oxygens (including phenoxy) is 1. The summed E-state index contributed by atoms with van der Waals surface area (Å²) in [5, 5.41) is 9.01. The fraction of sp³-hybridized carbons (Fsp3) is 0.125. The van der Waals surface area contributed by atoms with E-state index in [1.807, 2.05) is 6.07 Å². The minimum Gasteiger partial charge on any atom is -0.489 e. The van der Waals surface area contributed by atoms with Gasteiger partial charge in [0.25, 0.3) is 0 Å². The van der Waals surface area contributed by atoms with Gasteiger partial charge in [0.05, 0.1) is 5.56 Å². The van der Waals surface area contributed by atoms with E-state index in [1.165, 1.54) is 25.1 Å². The molecule has 0 bridgehead atoms. The van der Waals surface area contributed by atoms with Crippen LogP contribution in [0.2, 0.25) is 0 Å². The monoisotopic (exact) mass is 269 g/mol. The molecule has 0 aliphatic heterocycles. The summed E-state index contributed by atoms with van der Waals surface area (Å²) in [4.78, 5) is 11.3. The number of rotatable bonds is 4. The molecule has 0 saturated carbocycles. The number of nitriles is 1. The van der Waals surface area contributed by atoms with Crippen LogP contribution in [-0.4, -0.2) is 5.78 Å². The number of Topliss-reactive ketones (excluding diaryl/α,β-unsaturated/α-hetero) is 1. The van der Waals surface area contributed by atoms with Crippen molar-refractivity contribution in [3.63, 3.8) is 0 Å². The van der Waals surface area contributed by atoms with E-state index < -0.39 is 0 Å². The first-order chi connectivity index (χ1) is 9.60. The van der Waals surface area contributed by atoms with Crippen LogP contribution in [-0.2, 0) is 6.61 Å². The lowest BCUT2D eigenvalue weighted by atomic mass is 10.1. The van der Waals surface area contributed by atoms with Crippen LogP contribution in [0.25, 0.3) is 0 Å². The van der Waals surface area contributed by atoms with Crippen LogP contribution in [0.5, 0.6) is 5.75 Å². The fourth-order valence-electron chi connectivity index (χ4n) is 1.76. The van der Waals surface area contributed by atoms with Crippen molar-refractivity contribution in [2.75, 3.05) is 0 Å². The van der Waals surface area contributed by atoms with Gasteiger partial charge in [0, 0.05) is 5.56 Å². The molecule has 0 aromatic heterocycles. The van der Waals surface area contributed by atoms with E-state index in [2.05, 4.69) is 0 Å². The molecule has 4 heteroatoms. The largest absolute Gasteiger partial charge is 0.489 e. The standard InChI is InChI=1S/C16H12FNO2/c1-11(19)16-7-6-15(8-13(16)9-18)20-10-12-2-4-14(17)5-3-12/h2-8H,10H2,1H3. The highest BCUT2D eigenvalue weighted by atomic mass is 19.1. The Morgan fingerprint density at radius 1 is 1.25 bits per heavy atom. The van der Waals surface area contributed by atoms with Crippen molar-refractivity contribution in [1.29, 1.82) is 5.26 Å². The molecule has 3 nitrogen and oxygen atoms in total. The van der Waals surface area contributed by atoms with Gasteiger partial charge in [-0.15, -0.1) is 0 Å². The first-order valence-corrected chi connectivity index (χ1v) is 6.02. The van der Waals surface area contributed by atoms with Gasteiger partial charge in [-0.05, 0) is 42.8 Å². The maximum absolute atomic E-state index is 12.8. The van der Waals surface area contributed by atoms with Crippen molar-refractivity contribution in [2.24, 2.45) is 0 Å². The molecule has 0 amide bonds. The molecule has 0 heterocycles. The number of hydrogen-bond acceptors (Lipinski definition) is 3. The third kappa shape index (κ3) is 3.21. The third-order valence-corrected chi connectivity index (χ3v) is 2.81. The molecule has 2 rings (SSSR count). The summed E-state index contributed by atoms with van der Waals surface area (Å²) in [6.45, 7) is 1.68. The molecule has 0 atom stereocenters. The van der Waals surface area contributed by atoms with Crippen LogP contribution in [0.1, 0.15) is 28.4 Å². The molecule has 0 spiro atoms. The lowest BCUT2D eigenvalue weighted by Gasteiger charge is -2.08. The predicted octanol–water partition coefficient (Wildman–Crippen LogP) is 3.48. The maximum Gasteiger partial charge on any atom is 0.161 e. The number of hydrogen-bond donors (Lipinski definition) is 0. The molecule has 0 aliphatic carbocycles. The van der Waals surface area contributed by atoms with Crippen LogP contribution in [0, 0.1) is 17.1 Å². The maximum atomic E-state index is 12.8. The molecular weight excluding hydrogens is 257 g/mol. The van der Waals surface area contributed by atoms with Crippen LogP contribution < -0.4 is 4.74 Å². The molecule has 2 aromatic carbocycles. The number of nitrogens with zero attached hydrogens (tertiary/aromatic N) is 1. The van der Waals surface area contributed by atoms with E-state index >= 15 is 0 Å². The molecular formula is C16H12FNO2. The van der Waals surface area contributed by atoms with Crippen molar-refractivity contribution < 1.29 is 13.9 Å². The first kappa shape index (κ1) is 13.8. The van der Waals surface area contributed by atoms with Crippen molar-refractivity contribution in [3.8, 4) is 11.8 Å². The molecule has 0 fully saturated rings. The second-order valence-corrected chi connectivity index (χ2v) is 4.29. The highest BCUT2D eigenvalue weighted by molar-refractivity contribution is 5.96. The van der Waals surface area contributed by atoms with E-state index in [-0.39, 0.29) is 23.8 Å². The molecule has 100 valence electrons. The van der Waals surface area contributed by atoms with Gasteiger partial charge in [-0.3, -0.25) is 4.79 Å². The van der Waals surface area contributed by atoms with Gasteiger partial charge in [-0.1, -0.05) is 12.1 Å². The van der Waals surface area contributed by atoms with Crippen LogP contribution in [0.15, 0.2) is 42.5 Å². The number of carbonyl (C=O) groups is 1. The number of halogens is 1. The quantitative estimate of drug-likeness (QED) is 0.798. The topological polar surface area (TPSA) is 50.1 Å². The summed E-state index contributed by atoms with van der Waals surface area (Å²) in [7, 11) is 0. The number of ketones is 1. The molecule has 20 heavy (non-hydrogen) atoms. The van der Waals surface area contributed by atoms with Crippen molar-refractivity contribution in [2.45, 2.75) is 13.5 Å². The highest BCUT2D eigenvalue weighted by Crippen LogP contribution is 2.19. The summed E-state index contributed by atoms with van der Waals surface area (Å²) in [5.41, 5.74) is 1.48.